The molecule has 0 aromatic rings. The molecule has 1 aliphatic heterocycles. The van der Waals surface area contributed by atoms with Gasteiger partial charge in [-0.1, -0.05) is 0 Å². The van der Waals surface area contributed by atoms with E-state index in [-0.39, 0.29) is 6.04 Å². The summed E-state index contributed by atoms with van der Waals surface area (Å²) in [6, 6.07) is 0.178. The molecular weight excluding hydrogens is 132 g/mol. The van der Waals surface area contributed by atoms with Gasteiger partial charge in [0.05, 0.1) is 0 Å². The zero-order valence-corrected chi connectivity index (χ0v) is 6.00. The predicted octanol–water partition coefficient (Wildman–Crippen LogP) is -0.0419. The van der Waals surface area contributed by atoms with Gasteiger partial charge in [0.2, 0.25) is 0 Å². The Balaban J connectivity index is 2.39. The number of likely N-dealkylation sites (N-methyl/N-ethyl adjacent to an activating group) is 1. The fraction of sp³-hybridized carbons (Fsp3) is 0.833. The van der Waals surface area contributed by atoms with Gasteiger partial charge in [-0.2, -0.15) is 0 Å². The van der Waals surface area contributed by atoms with Crippen LogP contribution in [0.2, 0.25) is 0 Å². The van der Waals surface area contributed by atoms with Gasteiger partial charge in [-0.05, 0) is 13.0 Å². The third-order valence-corrected chi connectivity index (χ3v) is 1.88. The lowest BCUT2D eigenvalue weighted by Gasteiger charge is -2.19. The number of carbonyl (C=O) groups is 1. The maximum absolute atomic E-state index is 10.4. The highest BCUT2D eigenvalue weighted by Gasteiger charge is 2.21. The summed E-state index contributed by atoms with van der Waals surface area (Å²) in [5, 5.41) is 11.6. The molecule has 1 fully saturated rings. The van der Waals surface area contributed by atoms with Crippen LogP contribution in [0.5, 0.6) is 0 Å². The van der Waals surface area contributed by atoms with E-state index < -0.39 is 6.09 Å². The summed E-state index contributed by atoms with van der Waals surface area (Å²) in [4.78, 5) is 11.7. The second-order valence-corrected chi connectivity index (χ2v) is 2.54. The summed E-state index contributed by atoms with van der Waals surface area (Å²) in [6.45, 7) is 1.73. The molecule has 0 bridgehead atoms. The molecule has 0 radical (unpaired) electrons. The number of hydrogen-bond acceptors (Lipinski definition) is 2. The summed E-state index contributed by atoms with van der Waals surface area (Å²) < 4.78 is 0. The summed E-state index contributed by atoms with van der Waals surface area (Å²) in [5.41, 5.74) is 0. The standard InChI is InChI=1S/C6H12N2O2/c1-8(6(9)10)5-2-3-7-4-5/h5,7H,2-4H2,1H3,(H,9,10)/t5-/m0/s1. The third kappa shape index (κ3) is 1.39. The minimum atomic E-state index is -0.839. The van der Waals surface area contributed by atoms with Gasteiger partial charge in [0, 0.05) is 19.6 Å². The van der Waals surface area contributed by atoms with Gasteiger partial charge in [0.1, 0.15) is 0 Å². The highest BCUT2D eigenvalue weighted by atomic mass is 16.4. The molecule has 0 aliphatic carbocycles. The zero-order valence-electron chi connectivity index (χ0n) is 6.00. The molecule has 1 atom stereocenters. The Morgan fingerprint density at radius 1 is 1.80 bits per heavy atom. The molecular formula is C6H12N2O2. The number of amides is 1. The van der Waals surface area contributed by atoms with Crippen LogP contribution in [0, 0.1) is 0 Å². The quantitative estimate of drug-likeness (QED) is 0.543. The van der Waals surface area contributed by atoms with E-state index in [1.807, 2.05) is 0 Å². The van der Waals surface area contributed by atoms with Gasteiger partial charge in [0.15, 0.2) is 0 Å². The van der Waals surface area contributed by atoms with E-state index in [0.717, 1.165) is 19.5 Å². The molecule has 0 aromatic carbocycles. The van der Waals surface area contributed by atoms with Crippen LogP contribution in [-0.2, 0) is 0 Å². The first-order valence-corrected chi connectivity index (χ1v) is 3.38. The van der Waals surface area contributed by atoms with Gasteiger partial charge < -0.3 is 15.3 Å². The minimum absolute atomic E-state index is 0.178. The molecule has 1 aliphatic rings. The van der Waals surface area contributed by atoms with Crippen molar-refractivity contribution < 1.29 is 9.90 Å². The van der Waals surface area contributed by atoms with Crippen LogP contribution in [0.4, 0.5) is 4.79 Å². The van der Waals surface area contributed by atoms with Crippen LogP contribution in [0.15, 0.2) is 0 Å². The SMILES string of the molecule is CN(C(=O)O)[C@H]1CCNC1. The van der Waals surface area contributed by atoms with Crippen LogP contribution >= 0.6 is 0 Å². The first kappa shape index (κ1) is 7.34. The molecule has 58 valence electrons. The normalized spacial score (nSPS) is 24.7. The summed E-state index contributed by atoms with van der Waals surface area (Å²) in [5.74, 6) is 0. The lowest BCUT2D eigenvalue weighted by Crippen LogP contribution is -2.37. The summed E-state index contributed by atoms with van der Waals surface area (Å²) >= 11 is 0. The number of nitrogens with zero attached hydrogens (tertiary/aromatic N) is 1. The van der Waals surface area contributed by atoms with Crippen molar-refractivity contribution in [3.63, 3.8) is 0 Å². The molecule has 0 aromatic heterocycles. The minimum Gasteiger partial charge on any atom is -0.465 e. The molecule has 4 nitrogen and oxygen atoms in total. The van der Waals surface area contributed by atoms with Crippen molar-refractivity contribution in [2.24, 2.45) is 0 Å². The number of rotatable bonds is 1. The van der Waals surface area contributed by atoms with E-state index >= 15 is 0 Å². The van der Waals surface area contributed by atoms with Crippen molar-refractivity contribution in [2.45, 2.75) is 12.5 Å². The largest absolute Gasteiger partial charge is 0.465 e. The molecule has 2 N–H and O–H groups in total. The van der Waals surface area contributed by atoms with E-state index in [4.69, 9.17) is 5.11 Å². The average Bonchev–Trinajstić information content (AvgIpc) is 2.36. The average molecular weight is 144 g/mol. The Morgan fingerprint density at radius 3 is 2.90 bits per heavy atom. The molecule has 4 heteroatoms. The van der Waals surface area contributed by atoms with Gasteiger partial charge >= 0.3 is 6.09 Å². The van der Waals surface area contributed by atoms with Crippen molar-refractivity contribution >= 4 is 6.09 Å². The molecule has 1 heterocycles. The van der Waals surface area contributed by atoms with Crippen molar-refractivity contribution in [3.8, 4) is 0 Å². The Kier molecular flexibility index (Phi) is 2.11. The van der Waals surface area contributed by atoms with E-state index in [1.165, 1.54) is 4.90 Å². The predicted molar refractivity (Wildman–Crippen MR) is 37.1 cm³/mol. The lowest BCUT2D eigenvalue weighted by atomic mass is 10.2. The second-order valence-electron chi connectivity index (χ2n) is 2.54. The van der Waals surface area contributed by atoms with Crippen molar-refractivity contribution in [2.75, 3.05) is 20.1 Å². The monoisotopic (exact) mass is 144 g/mol. The first-order valence-electron chi connectivity index (χ1n) is 3.38. The number of hydrogen-bond donors (Lipinski definition) is 2. The molecule has 1 rings (SSSR count). The molecule has 0 spiro atoms. The van der Waals surface area contributed by atoms with Gasteiger partial charge in [-0.25, -0.2) is 4.79 Å². The summed E-state index contributed by atoms with van der Waals surface area (Å²) in [7, 11) is 1.61. The second kappa shape index (κ2) is 2.88. The van der Waals surface area contributed by atoms with Crippen molar-refractivity contribution in [1.82, 2.24) is 10.2 Å². The highest BCUT2D eigenvalue weighted by molar-refractivity contribution is 5.65. The Labute approximate surface area is 59.8 Å². The molecule has 1 amide bonds. The van der Waals surface area contributed by atoms with E-state index in [0.29, 0.717) is 0 Å². The number of nitrogens with one attached hydrogen (secondary N) is 1. The van der Waals surface area contributed by atoms with Gasteiger partial charge in [0.25, 0.3) is 0 Å². The number of carboxylic acid groups (broad SMARTS) is 1. The smallest absolute Gasteiger partial charge is 0.407 e. The molecule has 1 saturated heterocycles. The molecule has 0 unspecified atom stereocenters. The fourth-order valence-corrected chi connectivity index (χ4v) is 1.13. The van der Waals surface area contributed by atoms with Crippen LogP contribution in [-0.4, -0.2) is 42.3 Å². The van der Waals surface area contributed by atoms with Crippen LogP contribution in [0.1, 0.15) is 6.42 Å². The van der Waals surface area contributed by atoms with Crippen molar-refractivity contribution in [3.05, 3.63) is 0 Å². The highest BCUT2D eigenvalue weighted by Crippen LogP contribution is 2.05. The topological polar surface area (TPSA) is 52.6 Å². The van der Waals surface area contributed by atoms with E-state index in [1.54, 1.807) is 7.05 Å². The maximum Gasteiger partial charge on any atom is 0.407 e. The van der Waals surface area contributed by atoms with E-state index in [9.17, 15) is 4.79 Å². The Bertz CT molecular complexity index is 132. The Morgan fingerprint density at radius 2 is 2.50 bits per heavy atom. The fourth-order valence-electron chi connectivity index (χ4n) is 1.13. The van der Waals surface area contributed by atoms with Gasteiger partial charge in [-0.15, -0.1) is 0 Å². The molecule has 10 heavy (non-hydrogen) atoms. The van der Waals surface area contributed by atoms with Gasteiger partial charge in [-0.3, -0.25) is 0 Å². The lowest BCUT2D eigenvalue weighted by molar-refractivity contribution is 0.142. The maximum atomic E-state index is 10.4. The van der Waals surface area contributed by atoms with E-state index in [2.05, 4.69) is 5.32 Å². The molecule has 0 saturated carbocycles. The van der Waals surface area contributed by atoms with Crippen LogP contribution in [0.3, 0.4) is 0 Å². The van der Waals surface area contributed by atoms with Crippen LogP contribution < -0.4 is 5.32 Å². The first-order chi connectivity index (χ1) is 4.72. The Hall–Kier alpha value is -0.770. The van der Waals surface area contributed by atoms with Crippen molar-refractivity contribution in [1.29, 1.82) is 0 Å². The third-order valence-electron chi connectivity index (χ3n) is 1.88. The summed E-state index contributed by atoms with van der Waals surface area (Å²) in [6.07, 6.45) is 0.0942. The zero-order chi connectivity index (χ0) is 7.56. The van der Waals surface area contributed by atoms with Crippen LogP contribution in [0.25, 0.3) is 0 Å².